The quantitative estimate of drug-likeness (QED) is 0.876. The Bertz CT molecular complexity index is 460. The van der Waals surface area contributed by atoms with Crippen molar-refractivity contribution in [1.29, 1.82) is 0 Å². The van der Waals surface area contributed by atoms with Gasteiger partial charge in [0.15, 0.2) is 6.10 Å². The van der Waals surface area contributed by atoms with Crippen molar-refractivity contribution in [2.24, 2.45) is 0 Å². The van der Waals surface area contributed by atoms with Crippen LogP contribution in [0.25, 0.3) is 0 Å². The number of aliphatic hydroxyl groups is 1. The van der Waals surface area contributed by atoms with Crippen LogP contribution in [0.2, 0.25) is 0 Å². The van der Waals surface area contributed by atoms with Gasteiger partial charge in [0.2, 0.25) is 0 Å². The van der Waals surface area contributed by atoms with Gasteiger partial charge in [-0.1, -0.05) is 17.7 Å². The van der Waals surface area contributed by atoms with E-state index in [-0.39, 0.29) is 6.54 Å². The molecule has 4 nitrogen and oxygen atoms in total. The van der Waals surface area contributed by atoms with Crippen molar-refractivity contribution in [3.63, 3.8) is 0 Å². The molecule has 1 aromatic carbocycles. The molecular weight excluding hydrogens is 287 g/mol. The van der Waals surface area contributed by atoms with Gasteiger partial charge in [-0.05, 0) is 26.0 Å². The van der Waals surface area contributed by atoms with Gasteiger partial charge in [0.05, 0.1) is 6.61 Å². The molecule has 1 atom stereocenters. The molecule has 0 aliphatic carbocycles. The molecule has 0 fully saturated rings. The third-order valence-corrected chi connectivity index (χ3v) is 2.73. The topological polar surface area (TPSA) is 49.8 Å². The van der Waals surface area contributed by atoms with Crippen molar-refractivity contribution in [2.45, 2.75) is 26.1 Å². The molecule has 118 valence electrons. The maximum Gasteiger partial charge on any atom is 0.406 e. The molecule has 0 radical (unpaired) electrons. The summed E-state index contributed by atoms with van der Waals surface area (Å²) >= 11 is 0. The molecule has 1 rings (SSSR count). The van der Waals surface area contributed by atoms with Crippen LogP contribution in [-0.2, 0) is 4.79 Å². The largest absolute Gasteiger partial charge is 0.481 e. The maximum absolute atomic E-state index is 12.4. The molecule has 0 aliphatic heterocycles. The van der Waals surface area contributed by atoms with E-state index in [0.717, 1.165) is 5.56 Å². The first kappa shape index (κ1) is 17.3. The van der Waals surface area contributed by atoms with E-state index < -0.39 is 31.3 Å². The number of carbonyl (C=O) groups is 1. The molecule has 0 bridgehead atoms. The number of hydrogen-bond acceptors (Lipinski definition) is 3. The summed E-state index contributed by atoms with van der Waals surface area (Å²) in [4.78, 5) is 12.5. The van der Waals surface area contributed by atoms with Crippen molar-refractivity contribution in [2.75, 3.05) is 19.7 Å². The predicted octanol–water partition coefficient (Wildman–Crippen LogP) is 2.15. The van der Waals surface area contributed by atoms with Crippen LogP contribution in [0.5, 0.6) is 5.75 Å². The van der Waals surface area contributed by atoms with E-state index in [1.54, 1.807) is 24.3 Å². The summed E-state index contributed by atoms with van der Waals surface area (Å²) in [6.45, 7) is 0.917. The third-order valence-electron chi connectivity index (χ3n) is 2.73. The Morgan fingerprint density at radius 2 is 1.90 bits per heavy atom. The summed E-state index contributed by atoms with van der Waals surface area (Å²) < 4.78 is 42.6. The molecule has 0 saturated heterocycles. The highest BCUT2D eigenvalue weighted by atomic mass is 19.4. The second kappa shape index (κ2) is 7.31. The highest BCUT2D eigenvalue weighted by Crippen LogP contribution is 2.18. The van der Waals surface area contributed by atoms with E-state index in [2.05, 4.69) is 0 Å². The first-order valence-electron chi connectivity index (χ1n) is 6.42. The first-order valence-corrected chi connectivity index (χ1v) is 6.42. The third kappa shape index (κ3) is 6.03. The minimum absolute atomic E-state index is 0.389. The van der Waals surface area contributed by atoms with Gasteiger partial charge in [-0.15, -0.1) is 0 Å². The summed E-state index contributed by atoms with van der Waals surface area (Å²) in [6.07, 6.45) is -5.59. The fraction of sp³-hybridized carbons (Fsp3) is 0.500. The molecule has 1 amide bonds. The highest BCUT2D eigenvalue weighted by Gasteiger charge is 2.34. The van der Waals surface area contributed by atoms with Crippen molar-refractivity contribution < 1.29 is 27.8 Å². The predicted molar refractivity (Wildman–Crippen MR) is 71.0 cm³/mol. The number of alkyl halides is 3. The number of rotatable bonds is 6. The Morgan fingerprint density at radius 3 is 2.38 bits per heavy atom. The fourth-order valence-electron chi connectivity index (χ4n) is 1.73. The van der Waals surface area contributed by atoms with E-state index in [0.29, 0.717) is 10.6 Å². The number of aliphatic hydroxyl groups excluding tert-OH is 1. The minimum Gasteiger partial charge on any atom is -0.481 e. The normalized spacial score (nSPS) is 12.9. The van der Waals surface area contributed by atoms with Gasteiger partial charge in [0, 0.05) is 6.54 Å². The average molecular weight is 305 g/mol. The maximum atomic E-state index is 12.4. The van der Waals surface area contributed by atoms with E-state index in [9.17, 15) is 18.0 Å². The second-order valence-electron chi connectivity index (χ2n) is 4.67. The second-order valence-corrected chi connectivity index (χ2v) is 4.67. The number of aryl methyl sites for hydroxylation is 1. The van der Waals surface area contributed by atoms with Crippen molar-refractivity contribution in [3.8, 4) is 5.75 Å². The molecule has 1 unspecified atom stereocenters. The van der Waals surface area contributed by atoms with Gasteiger partial charge in [0.1, 0.15) is 12.3 Å². The number of amides is 1. The van der Waals surface area contributed by atoms with Crippen LogP contribution in [0.1, 0.15) is 12.5 Å². The van der Waals surface area contributed by atoms with Crippen LogP contribution < -0.4 is 4.74 Å². The van der Waals surface area contributed by atoms with Crippen LogP contribution in [0.15, 0.2) is 24.3 Å². The number of carbonyl (C=O) groups excluding carboxylic acids is 1. The van der Waals surface area contributed by atoms with E-state index >= 15 is 0 Å². The Balaban J connectivity index is 2.71. The highest BCUT2D eigenvalue weighted by molar-refractivity contribution is 5.81. The lowest BCUT2D eigenvalue weighted by Crippen LogP contribution is -2.46. The Morgan fingerprint density at radius 1 is 1.33 bits per heavy atom. The van der Waals surface area contributed by atoms with Gasteiger partial charge in [-0.25, -0.2) is 0 Å². The monoisotopic (exact) mass is 305 g/mol. The Hall–Kier alpha value is -1.76. The van der Waals surface area contributed by atoms with Crippen LogP contribution in [0.3, 0.4) is 0 Å². The molecule has 0 aromatic heterocycles. The molecule has 0 saturated carbocycles. The van der Waals surface area contributed by atoms with Crippen molar-refractivity contribution >= 4 is 5.91 Å². The summed E-state index contributed by atoms with van der Waals surface area (Å²) in [5.74, 6) is -0.417. The van der Waals surface area contributed by atoms with E-state index in [4.69, 9.17) is 9.84 Å². The van der Waals surface area contributed by atoms with Crippen LogP contribution in [0, 0.1) is 6.92 Å². The van der Waals surface area contributed by atoms with Gasteiger partial charge in [-0.3, -0.25) is 4.79 Å². The zero-order valence-electron chi connectivity index (χ0n) is 11.9. The lowest BCUT2D eigenvalue weighted by Gasteiger charge is -2.26. The Labute approximate surface area is 121 Å². The summed E-state index contributed by atoms with van der Waals surface area (Å²) in [6, 6.07) is 6.82. The molecule has 1 aromatic rings. The smallest absolute Gasteiger partial charge is 0.406 e. The van der Waals surface area contributed by atoms with Gasteiger partial charge >= 0.3 is 6.18 Å². The lowest BCUT2D eigenvalue weighted by atomic mass is 10.2. The molecule has 0 aliphatic rings. The van der Waals surface area contributed by atoms with Gasteiger partial charge in [0.25, 0.3) is 5.91 Å². The van der Waals surface area contributed by atoms with Gasteiger partial charge < -0.3 is 14.7 Å². The molecule has 0 heterocycles. The molecule has 0 spiro atoms. The molecular formula is C14H18F3NO3. The lowest BCUT2D eigenvalue weighted by molar-refractivity contribution is -0.165. The molecule has 1 N–H and O–H groups in total. The minimum atomic E-state index is -4.52. The van der Waals surface area contributed by atoms with Gasteiger partial charge in [-0.2, -0.15) is 13.2 Å². The van der Waals surface area contributed by atoms with Crippen LogP contribution in [-0.4, -0.2) is 47.9 Å². The van der Waals surface area contributed by atoms with Crippen molar-refractivity contribution in [1.82, 2.24) is 4.90 Å². The standard InChI is InChI=1S/C14H18F3NO3/c1-10-3-5-12(6-4-10)21-11(2)13(20)18(7-8-19)9-14(15,16)17/h3-6,11,19H,7-9H2,1-2H3. The number of benzene rings is 1. The number of halogens is 3. The summed E-state index contributed by atoms with van der Waals surface area (Å²) in [7, 11) is 0. The van der Waals surface area contributed by atoms with Crippen molar-refractivity contribution in [3.05, 3.63) is 29.8 Å². The number of ether oxygens (including phenoxy) is 1. The summed E-state index contributed by atoms with van der Waals surface area (Å²) in [5.41, 5.74) is 1.00. The van der Waals surface area contributed by atoms with Crippen LogP contribution >= 0.6 is 0 Å². The number of hydrogen-bond donors (Lipinski definition) is 1. The Kier molecular flexibility index (Phi) is 6.02. The molecule has 7 heteroatoms. The number of nitrogens with zero attached hydrogens (tertiary/aromatic N) is 1. The zero-order chi connectivity index (χ0) is 16.0. The van der Waals surface area contributed by atoms with E-state index in [1.165, 1.54) is 6.92 Å². The fourth-order valence-corrected chi connectivity index (χ4v) is 1.73. The average Bonchev–Trinajstić information content (AvgIpc) is 2.38. The van der Waals surface area contributed by atoms with Crippen LogP contribution in [0.4, 0.5) is 13.2 Å². The summed E-state index contributed by atoms with van der Waals surface area (Å²) in [5, 5.41) is 8.78. The zero-order valence-corrected chi connectivity index (χ0v) is 11.9. The molecule has 21 heavy (non-hydrogen) atoms. The van der Waals surface area contributed by atoms with E-state index in [1.807, 2.05) is 6.92 Å². The SMILES string of the molecule is Cc1ccc(OC(C)C(=O)N(CCO)CC(F)(F)F)cc1. The first-order chi connectivity index (χ1) is 9.73.